The zero-order valence-corrected chi connectivity index (χ0v) is 18.8. The summed E-state index contributed by atoms with van der Waals surface area (Å²) in [5, 5.41) is 2.94. The second kappa shape index (κ2) is 10.3. The van der Waals surface area contributed by atoms with Gasteiger partial charge in [-0.15, -0.1) is 0 Å². The monoisotopic (exact) mass is 446 g/mol. The fourth-order valence-electron chi connectivity index (χ4n) is 2.87. The minimum atomic E-state index is -0.313. The quantitative estimate of drug-likeness (QED) is 0.471. The average Bonchev–Trinajstić information content (AvgIpc) is 2.74. The molecule has 2 aromatic rings. The Morgan fingerprint density at radius 2 is 1.77 bits per heavy atom. The highest BCUT2D eigenvalue weighted by Crippen LogP contribution is 2.40. The number of hydrogen-bond acceptors (Lipinski definition) is 11. The Morgan fingerprint density at radius 1 is 1.13 bits per heavy atom. The van der Waals surface area contributed by atoms with Gasteiger partial charge in [-0.1, -0.05) is 6.08 Å². The molecule has 3 N–H and O–H groups in total. The number of allylic oxidation sites excluding steroid dienone is 1. The number of nitrogens with zero attached hydrogens (tertiary/aromatic N) is 6. The maximum absolute atomic E-state index is 11.8. The van der Waals surface area contributed by atoms with Crippen molar-refractivity contribution >= 4 is 35.3 Å². The molecule has 1 saturated heterocycles. The van der Waals surface area contributed by atoms with Gasteiger partial charge in [0.2, 0.25) is 23.6 Å². The summed E-state index contributed by atoms with van der Waals surface area (Å²) in [6, 6.07) is 1.48. The maximum Gasteiger partial charge on any atom is 0.249 e. The first kappa shape index (κ1) is 22.6. The van der Waals surface area contributed by atoms with E-state index in [0.29, 0.717) is 27.8 Å². The number of carbonyl (C=O) groups excluding carboxylic acids is 1. The minimum Gasteiger partial charge on any atom is -0.480 e. The van der Waals surface area contributed by atoms with E-state index in [9.17, 15) is 4.79 Å². The Morgan fingerprint density at radius 3 is 2.35 bits per heavy atom. The fraction of sp³-hybridized carbons (Fsp3) is 0.421. The third-order valence-electron chi connectivity index (χ3n) is 4.45. The van der Waals surface area contributed by atoms with Crippen molar-refractivity contribution in [3.05, 3.63) is 18.2 Å². The Kier molecular flexibility index (Phi) is 7.47. The van der Waals surface area contributed by atoms with Gasteiger partial charge < -0.3 is 30.3 Å². The van der Waals surface area contributed by atoms with Gasteiger partial charge in [-0.2, -0.15) is 9.97 Å². The van der Waals surface area contributed by atoms with E-state index in [2.05, 4.69) is 42.1 Å². The minimum absolute atomic E-state index is 0.209. The number of nitrogens with one attached hydrogen (secondary N) is 1. The Bertz CT molecular complexity index is 938. The van der Waals surface area contributed by atoms with Crippen LogP contribution in [-0.4, -0.2) is 78.2 Å². The van der Waals surface area contributed by atoms with Gasteiger partial charge in [0.05, 0.1) is 14.2 Å². The van der Waals surface area contributed by atoms with Crippen LogP contribution in [0.4, 0.5) is 17.6 Å². The molecule has 0 unspecified atom stereocenters. The number of hydrogen-bond donors (Lipinski definition) is 2. The lowest BCUT2D eigenvalue weighted by atomic mass is 10.3. The average molecular weight is 447 g/mol. The summed E-state index contributed by atoms with van der Waals surface area (Å²) in [6.45, 7) is 5.21. The van der Waals surface area contributed by atoms with Crippen LogP contribution in [0.3, 0.4) is 0 Å². The molecule has 3 heterocycles. The molecule has 0 bridgehead atoms. The lowest BCUT2D eigenvalue weighted by Crippen LogP contribution is -2.45. The van der Waals surface area contributed by atoms with Crippen LogP contribution in [0.15, 0.2) is 28.3 Å². The van der Waals surface area contributed by atoms with Crippen LogP contribution in [-0.2, 0) is 4.79 Å². The van der Waals surface area contributed by atoms with Crippen LogP contribution in [0, 0.1) is 0 Å². The Labute approximate surface area is 185 Å². The fourth-order valence-corrected chi connectivity index (χ4v) is 3.79. The highest BCUT2D eigenvalue weighted by molar-refractivity contribution is 7.99. The first-order valence-electron chi connectivity index (χ1n) is 9.63. The van der Waals surface area contributed by atoms with E-state index in [-0.39, 0.29) is 17.5 Å². The second-order valence-corrected chi connectivity index (χ2v) is 7.69. The van der Waals surface area contributed by atoms with Gasteiger partial charge in [0.15, 0.2) is 5.16 Å². The smallest absolute Gasteiger partial charge is 0.249 e. The summed E-state index contributed by atoms with van der Waals surface area (Å²) < 4.78 is 11.0. The zero-order chi connectivity index (χ0) is 22.4. The van der Waals surface area contributed by atoms with E-state index >= 15 is 0 Å². The number of nitrogens with two attached hydrogens (primary N) is 1. The van der Waals surface area contributed by atoms with Gasteiger partial charge in [-0.3, -0.25) is 4.79 Å². The molecule has 3 rings (SSSR count). The van der Waals surface area contributed by atoms with Crippen molar-refractivity contribution in [3.63, 3.8) is 0 Å². The van der Waals surface area contributed by atoms with Crippen LogP contribution in [0.2, 0.25) is 0 Å². The van der Waals surface area contributed by atoms with Crippen molar-refractivity contribution < 1.29 is 14.3 Å². The molecular weight excluding hydrogens is 420 g/mol. The molecule has 11 nitrogen and oxygen atoms in total. The second-order valence-electron chi connectivity index (χ2n) is 6.71. The third kappa shape index (κ3) is 5.73. The van der Waals surface area contributed by atoms with Crippen molar-refractivity contribution in [2.45, 2.75) is 17.0 Å². The summed E-state index contributed by atoms with van der Waals surface area (Å²) in [5.41, 5.74) is 5.90. The van der Waals surface area contributed by atoms with Crippen molar-refractivity contribution in [1.82, 2.24) is 24.8 Å². The molecule has 0 saturated carbocycles. The molecule has 0 spiro atoms. The number of anilines is 3. The Balaban J connectivity index is 1.90. The number of piperazine rings is 1. The largest absolute Gasteiger partial charge is 0.480 e. The molecule has 12 heteroatoms. The van der Waals surface area contributed by atoms with Gasteiger partial charge in [-0.25, -0.2) is 9.97 Å². The molecule has 0 atom stereocenters. The van der Waals surface area contributed by atoms with E-state index in [1.165, 1.54) is 26.4 Å². The van der Waals surface area contributed by atoms with E-state index in [4.69, 9.17) is 15.2 Å². The summed E-state index contributed by atoms with van der Waals surface area (Å²) in [4.78, 5) is 34.4. The number of rotatable bonds is 7. The standard InChI is InChI=1S/C19H26N8O3S/c1-5-6-14(28)22-13-11-12(20)21-19(23-13)31-15-16(29-3)24-18(25-17(15)30-4)27-9-7-26(2)8-10-27/h5-6,11H,7-10H2,1-4H3,(H3,20,21,22,23,28)/b6-5+. The molecule has 2 aromatic heterocycles. The summed E-state index contributed by atoms with van der Waals surface area (Å²) >= 11 is 1.14. The molecule has 166 valence electrons. The molecule has 1 aliphatic rings. The number of methoxy groups -OCH3 is 2. The van der Waals surface area contributed by atoms with E-state index in [1.807, 2.05) is 0 Å². The number of ether oxygens (including phenoxy) is 2. The molecule has 0 radical (unpaired) electrons. The SMILES string of the molecule is C/C=C/C(=O)Nc1cc(N)nc(Sc2c(OC)nc(N3CCN(C)CC3)nc2OC)n1. The number of likely N-dealkylation sites (N-methyl/N-ethyl adjacent to an activating group) is 1. The van der Waals surface area contributed by atoms with E-state index in [1.54, 1.807) is 13.0 Å². The molecular formula is C19H26N8O3S. The number of nitrogen functional groups attached to an aromatic ring is 1. The highest BCUT2D eigenvalue weighted by atomic mass is 32.2. The van der Waals surface area contributed by atoms with Gasteiger partial charge in [0, 0.05) is 32.2 Å². The molecule has 0 aliphatic carbocycles. The number of aromatic nitrogens is 4. The van der Waals surface area contributed by atoms with Crippen LogP contribution < -0.4 is 25.4 Å². The lowest BCUT2D eigenvalue weighted by molar-refractivity contribution is -0.111. The van der Waals surface area contributed by atoms with E-state index in [0.717, 1.165) is 37.9 Å². The Hall–Kier alpha value is -3.12. The van der Waals surface area contributed by atoms with Gasteiger partial charge in [0.25, 0.3) is 0 Å². The maximum atomic E-state index is 11.8. The molecule has 1 fully saturated rings. The zero-order valence-electron chi connectivity index (χ0n) is 18.0. The molecule has 1 aliphatic heterocycles. The van der Waals surface area contributed by atoms with Gasteiger partial charge >= 0.3 is 0 Å². The highest BCUT2D eigenvalue weighted by Gasteiger charge is 2.23. The van der Waals surface area contributed by atoms with Crippen molar-refractivity contribution in [2.75, 3.05) is 63.4 Å². The predicted molar refractivity (Wildman–Crippen MR) is 119 cm³/mol. The third-order valence-corrected chi connectivity index (χ3v) is 5.37. The predicted octanol–water partition coefficient (Wildman–Crippen LogP) is 1.28. The van der Waals surface area contributed by atoms with Crippen molar-refractivity contribution in [3.8, 4) is 11.8 Å². The first-order valence-corrected chi connectivity index (χ1v) is 10.4. The van der Waals surface area contributed by atoms with Crippen LogP contribution in [0.25, 0.3) is 0 Å². The van der Waals surface area contributed by atoms with Crippen molar-refractivity contribution in [2.24, 2.45) is 0 Å². The van der Waals surface area contributed by atoms with Crippen LogP contribution in [0.1, 0.15) is 6.92 Å². The topological polar surface area (TPSA) is 132 Å². The first-order chi connectivity index (χ1) is 14.9. The summed E-state index contributed by atoms with van der Waals surface area (Å²) in [6.07, 6.45) is 3.02. The van der Waals surface area contributed by atoms with Gasteiger partial charge in [-0.05, 0) is 31.8 Å². The van der Waals surface area contributed by atoms with Crippen LogP contribution >= 0.6 is 11.8 Å². The summed E-state index contributed by atoms with van der Waals surface area (Å²) in [7, 11) is 5.14. The summed E-state index contributed by atoms with van der Waals surface area (Å²) in [5.74, 6) is 1.41. The van der Waals surface area contributed by atoms with E-state index < -0.39 is 0 Å². The normalized spacial score (nSPS) is 14.6. The van der Waals surface area contributed by atoms with Gasteiger partial charge in [0.1, 0.15) is 16.5 Å². The van der Waals surface area contributed by atoms with Crippen LogP contribution in [0.5, 0.6) is 11.8 Å². The molecule has 31 heavy (non-hydrogen) atoms. The lowest BCUT2D eigenvalue weighted by Gasteiger charge is -2.32. The molecule has 1 amide bonds. The number of carbonyl (C=O) groups is 1. The number of amides is 1. The molecule has 0 aromatic carbocycles. The van der Waals surface area contributed by atoms with Crippen molar-refractivity contribution in [1.29, 1.82) is 0 Å².